The van der Waals surface area contributed by atoms with Crippen molar-refractivity contribution in [3.63, 3.8) is 0 Å². The summed E-state index contributed by atoms with van der Waals surface area (Å²) in [5.74, 6) is 0.629. The first kappa shape index (κ1) is 19.6. The maximum atomic E-state index is 4.90. The van der Waals surface area contributed by atoms with Crippen molar-refractivity contribution < 1.29 is 0 Å². The number of imidazole rings is 1. The van der Waals surface area contributed by atoms with Crippen molar-refractivity contribution in [1.29, 1.82) is 0 Å². The summed E-state index contributed by atoms with van der Waals surface area (Å²) in [5.41, 5.74) is 8.68. The molecule has 9 heteroatoms. The van der Waals surface area contributed by atoms with Crippen molar-refractivity contribution in [2.45, 2.75) is 19.9 Å². The van der Waals surface area contributed by atoms with E-state index >= 15 is 0 Å². The Morgan fingerprint density at radius 2 is 1.97 bits per heavy atom. The van der Waals surface area contributed by atoms with E-state index in [1.165, 1.54) is 0 Å². The van der Waals surface area contributed by atoms with Gasteiger partial charge in [-0.1, -0.05) is 0 Å². The normalized spacial score (nSPS) is 11.6. The molecule has 0 aliphatic rings. The van der Waals surface area contributed by atoms with Crippen LogP contribution in [-0.4, -0.2) is 41.2 Å². The molecule has 0 amide bonds. The molecular weight excluding hydrogens is 432 g/mol. The lowest BCUT2D eigenvalue weighted by Crippen LogP contribution is -2.09. The van der Waals surface area contributed by atoms with Gasteiger partial charge in [0.25, 0.3) is 0 Å². The second-order valence-electron chi connectivity index (χ2n) is 8.08. The van der Waals surface area contributed by atoms with E-state index in [9.17, 15) is 0 Å². The summed E-state index contributed by atoms with van der Waals surface area (Å²) in [5, 5.41) is 15.1. The van der Waals surface area contributed by atoms with Crippen LogP contribution in [0, 0.1) is 0 Å². The average Bonchev–Trinajstić information content (AvgIpc) is 3.57. The van der Waals surface area contributed by atoms with E-state index in [4.69, 9.17) is 9.97 Å². The van der Waals surface area contributed by atoms with Crippen LogP contribution in [0.15, 0.2) is 59.7 Å². The third kappa shape index (κ3) is 3.52. The van der Waals surface area contributed by atoms with Gasteiger partial charge in [0.15, 0.2) is 17.2 Å². The number of rotatable bonds is 5. The highest BCUT2D eigenvalue weighted by atomic mass is 32.1. The van der Waals surface area contributed by atoms with Crippen molar-refractivity contribution in [3.8, 4) is 33.9 Å². The fourth-order valence-corrected chi connectivity index (χ4v) is 4.55. The summed E-state index contributed by atoms with van der Waals surface area (Å²) >= 11 is 1.66. The lowest BCUT2D eigenvalue weighted by molar-refractivity contribution is 0.898. The van der Waals surface area contributed by atoms with E-state index in [2.05, 4.69) is 67.2 Å². The van der Waals surface area contributed by atoms with Gasteiger partial charge in [-0.15, -0.1) is 0 Å². The molecule has 0 spiro atoms. The molecule has 6 aromatic heterocycles. The van der Waals surface area contributed by atoms with Gasteiger partial charge in [0.05, 0.1) is 22.4 Å². The summed E-state index contributed by atoms with van der Waals surface area (Å²) in [7, 11) is 0. The Labute approximate surface area is 193 Å². The minimum Gasteiger partial charge on any atom is -0.382 e. The number of H-pyrrole nitrogens is 2. The van der Waals surface area contributed by atoms with Crippen LogP contribution in [0.2, 0.25) is 0 Å². The Balaban J connectivity index is 1.45. The molecule has 6 aromatic rings. The highest BCUT2D eigenvalue weighted by Gasteiger charge is 2.17. The van der Waals surface area contributed by atoms with Gasteiger partial charge in [-0.3, -0.25) is 10.1 Å². The van der Waals surface area contributed by atoms with Gasteiger partial charge in [0, 0.05) is 35.8 Å². The number of pyridine rings is 3. The highest BCUT2D eigenvalue weighted by Crippen LogP contribution is 2.32. The number of hydrogen-bond acceptors (Lipinski definition) is 7. The standard InChI is InChI=1S/C24H20N8S/c1-13(2)27-16-9-15(10-25-11-16)18-3-4-19-21(28-18)22(32-31-19)24-29-20-17(14-6-8-33-12-14)5-7-26-23(20)30-24/h3-13,27H,1-2H3,(H,31,32)(H,26,29,30). The molecule has 0 aliphatic heterocycles. The predicted octanol–water partition coefficient (Wildman–Crippen LogP) is 5.51. The Kier molecular flexibility index (Phi) is 4.62. The van der Waals surface area contributed by atoms with Crippen LogP contribution < -0.4 is 5.32 Å². The van der Waals surface area contributed by atoms with Gasteiger partial charge >= 0.3 is 0 Å². The van der Waals surface area contributed by atoms with E-state index in [1.54, 1.807) is 17.5 Å². The highest BCUT2D eigenvalue weighted by molar-refractivity contribution is 7.08. The zero-order valence-electron chi connectivity index (χ0n) is 18.0. The molecule has 8 nitrogen and oxygen atoms in total. The minimum absolute atomic E-state index is 0.318. The molecule has 162 valence electrons. The van der Waals surface area contributed by atoms with Gasteiger partial charge in [0.1, 0.15) is 5.52 Å². The molecule has 6 rings (SSSR count). The van der Waals surface area contributed by atoms with Gasteiger partial charge in [0.2, 0.25) is 0 Å². The molecule has 0 saturated heterocycles. The van der Waals surface area contributed by atoms with Gasteiger partial charge in [-0.2, -0.15) is 16.4 Å². The summed E-state index contributed by atoms with van der Waals surface area (Å²) in [6, 6.07) is 10.4. The monoisotopic (exact) mass is 452 g/mol. The molecule has 0 radical (unpaired) electrons. The van der Waals surface area contributed by atoms with Gasteiger partial charge < -0.3 is 10.3 Å². The Bertz CT molecular complexity index is 1580. The lowest BCUT2D eigenvalue weighted by Gasteiger charge is -2.10. The SMILES string of the molecule is CC(C)Nc1cncc(-c2ccc3[nH]nc(-c4nc5nccc(-c6ccsc6)c5[nH]4)c3n2)c1. The largest absolute Gasteiger partial charge is 0.382 e. The van der Waals surface area contributed by atoms with Gasteiger partial charge in [-0.05, 0) is 60.5 Å². The number of nitrogens with zero attached hydrogens (tertiary/aromatic N) is 5. The van der Waals surface area contributed by atoms with Crippen LogP contribution >= 0.6 is 11.3 Å². The van der Waals surface area contributed by atoms with E-state index in [0.717, 1.165) is 44.6 Å². The van der Waals surface area contributed by atoms with Crippen molar-refractivity contribution in [1.82, 2.24) is 35.1 Å². The third-order valence-corrected chi connectivity index (χ3v) is 6.03. The molecule has 6 heterocycles. The third-order valence-electron chi connectivity index (χ3n) is 5.35. The zero-order chi connectivity index (χ0) is 22.4. The Hall–Kier alpha value is -4.11. The van der Waals surface area contributed by atoms with Crippen molar-refractivity contribution in [2.24, 2.45) is 0 Å². The van der Waals surface area contributed by atoms with E-state index < -0.39 is 0 Å². The second-order valence-corrected chi connectivity index (χ2v) is 8.86. The fraction of sp³-hybridized carbons (Fsp3) is 0.125. The average molecular weight is 453 g/mol. The first-order valence-corrected chi connectivity index (χ1v) is 11.5. The first-order chi connectivity index (χ1) is 16.2. The van der Waals surface area contributed by atoms with E-state index in [-0.39, 0.29) is 0 Å². The number of aromatic amines is 2. The summed E-state index contributed by atoms with van der Waals surface area (Å²) in [4.78, 5) is 21.9. The molecule has 0 unspecified atom stereocenters. The molecule has 0 saturated carbocycles. The minimum atomic E-state index is 0.318. The molecule has 0 bridgehead atoms. The summed E-state index contributed by atoms with van der Waals surface area (Å²) in [6.45, 7) is 4.20. The van der Waals surface area contributed by atoms with Crippen LogP contribution in [0.1, 0.15) is 13.8 Å². The number of thiophene rings is 1. The second kappa shape index (κ2) is 7.79. The fourth-order valence-electron chi connectivity index (χ4n) is 3.90. The molecule has 0 atom stereocenters. The van der Waals surface area contributed by atoms with Gasteiger partial charge in [-0.25, -0.2) is 15.0 Å². The van der Waals surface area contributed by atoms with E-state index in [0.29, 0.717) is 23.2 Å². The molecule has 0 aromatic carbocycles. The molecule has 3 N–H and O–H groups in total. The number of fused-ring (bicyclic) bond motifs is 2. The summed E-state index contributed by atoms with van der Waals surface area (Å²) in [6.07, 6.45) is 5.42. The Morgan fingerprint density at radius 3 is 2.82 bits per heavy atom. The number of nitrogens with one attached hydrogen (secondary N) is 3. The predicted molar refractivity (Wildman–Crippen MR) is 132 cm³/mol. The van der Waals surface area contributed by atoms with Crippen LogP contribution in [0.25, 0.3) is 56.1 Å². The van der Waals surface area contributed by atoms with Crippen molar-refractivity contribution in [2.75, 3.05) is 5.32 Å². The van der Waals surface area contributed by atoms with Crippen LogP contribution in [0.4, 0.5) is 5.69 Å². The topological polar surface area (TPSA) is 108 Å². The smallest absolute Gasteiger partial charge is 0.178 e. The quantitative estimate of drug-likeness (QED) is 0.318. The maximum Gasteiger partial charge on any atom is 0.178 e. The first-order valence-electron chi connectivity index (χ1n) is 10.6. The maximum absolute atomic E-state index is 4.90. The number of aromatic nitrogens is 7. The zero-order valence-corrected chi connectivity index (χ0v) is 18.8. The lowest BCUT2D eigenvalue weighted by atomic mass is 10.1. The summed E-state index contributed by atoms with van der Waals surface area (Å²) < 4.78 is 0. The number of hydrogen-bond donors (Lipinski definition) is 3. The van der Waals surface area contributed by atoms with Crippen molar-refractivity contribution >= 4 is 39.2 Å². The molecular formula is C24H20N8S. The number of anilines is 1. The van der Waals surface area contributed by atoms with Crippen molar-refractivity contribution in [3.05, 3.63) is 59.7 Å². The van der Waals surface area contributed by atoms with Crippen LogP contribution in [0.5, 0.6) is 0 Å². The Morgan fingerprint density at radius 1 is 1.03 bits per heavy atom. The van der Waals surface area contributed by atoms with Crippen LogP contribution in [0.3, 0.4) is 0 Å². The molecule has 33 heavy (non-hydrogen) atoms. The molecule has 0 fully saturated rings. The molecule has 0 aliphatic carbocycles. The van der Waals surface area contributed by atoms with E-state index in [1.807, 2.05) is 30.6 Å². The van der Waals surface area contributed by atoms with Crippen LogP contribution in [-0.2, 0) is 0 Å².